The van der Waals surface area contributed by atoms with Crippen LogP contribution < -0.4 is 19.5 Å². The summed E-state index contributed by atoms with van der Waals surface area (Å²) in [6.07, 6.45) is 1.74. The first-order valence-corrected chi connectivity index (χ1v) is 8.84. The van der Waals surface area contributed by atoms with E-state index in [1.165, 1.54) is 11.8 Å². The van der Waals surface area contributed by atoms with E-state index in [0.29, 0.717) is 38.0 Å². The van der Waals surface area contributed by atoms with Gasteiger partial charge < -0.3 is 19.5 Å². The van der Waals surface area contributed by atoms with Crippen LogP contribution in [0, 0.1) is 0 Å². The number of halogens is 1. The standard InChI is InChI=1S/C18H13ClN2O4S/c1-23-13-8-15-14(24-9-25-15)5-10(13)6-16-17(22)21-18(26-16)20-12-4-2-3-11(19)7-12/h2-8H,9H2,1H3,(H,20,21,22)/b16-6+. The maximum absolute atomic E-state index is 12.3. The van der Waals surface area contributed by atoms with E-state index < -0.39 is 0 Å². The summed E-state index contributed by atoms with van der Waals surface area (Å²) in [5.74, 6) is 1.61. The molecular weight excluding hydrogens is 376 g/mol. The van der Waals surface area contributed by atoms with E-state index in [-0.39, 0.29) is 12.7 Å². The van der Waals surface area contributed by atoms with Gasteiger partial charge in [-0.05, 0) is 42.1 Å². The summed E-state index contributed by atoms with van der Waals surface area (Å²) in [5.41, 5.74) is 1.39. The second-order valence-electron chi connectivity index (χ2n) is 5.41. The van der Waals surface area contributed by atoms with Crippen LogP contribution in [-0.4, -0.2) is 25.0 Å². The molecule has 132 valence electrons. The van der Waals surface area contributed by atoms with Gasteiger partial charge in [-0.15, -0.1) is 0 Å². The average Bonchev–Trinajstić information content (AvgIpc) is 3.20. The number of fused-ring (bicyclic) bond motifs is 1. The monoisotopic (exact) mass is 388 g/mol. The summed E-state index contributed by atoms with van der Waals surface area (Å²) in [5, 5.41) is 3.82. The molecule has 0 unspecified atom stereocenters. The Bertz CT molecular complexity index is 958. The molecule has 0 spiro atoms. The Morgan fingerprint density at radius 2 is 2.08 bits per heavy atom. The van der Waals surface area contributed by atoms with Crippen molar-refractivity contribution < 1.29 is 19.0 Å². The Kier molecular flexibility index (Phi) is 4.48. The van der Waals surface area contributed by atoms with Crippen molar-refractivity contribution >= 4 is 46.2 Å². The topological polar surface area (TPSA) is 69.2 Å². The van der Waals surface area contributed by atoms with Crippen molar-refractivity contribution in [3.05, 3.63) is 51.9 Å². The minimum absolute atomic E-state index is 0.171. The second kappa shape index (κ2) is 6.93. The van der Waals surface area contributed by atoms with Crippen molar-refractivity contribution in [2.24, 2.45) is 4.99 Å². The van der Waals surface area contributed by atoms with Crippen LogP contribution in [0.2, 0.25) is 5.02 Å². The molecule has 4 rings (SSSR count). The summed E-state index contributed by atoms with van der Waals surface area (Å²) in [6.45, 7) is 0.171. The number of ether oxygens (including phenoxy) is 3. The second-order valence-corrected chi connectivity index (χ2v) is 6.88. The first kappa shape index (κ1) is 16.8. The lowest BCUT2D eigenvalue weighted by molar-refractivity contribution is -0.115. The molecule has 2 aromatic rings. The number of carbonyl (C=O) groups excluding carboxylic acids is 1. The number of amidine groups is 1. The highest BCUT2D eigenvalue weighted by atomic mass is 35.5. The Balaban J connectivity index is 1.63. The zero-order valence-electron chi connectivity index (χ0n) is 13.6. The van der Waals surface area contributed by atoms with Crippen molar-refractivity contribution in [2.75, 3.05) is 13.9 Å². The SMILES string of the molecule is COc1cc2c(cc1/C=C1/SC(=Nc3cccc(Cl)c3)NC1=O)OCO2. The first-order valence-electron chi connectivity index (χ1n) is 7.65. The molecule has 26 heavy (non-hydrogen) atoms. The Morgan fingerprint density at radius 3 is 2.85 bits per heavy atom. The molecule has 1 amide bonds. The number of aliphatic imine (C=N–C) groups is 1. The number of nitrogens with one attached hydrogen (secondary N) is 1. The molecule has 0 bridgehead atoms. The third-order valence-corrected chi connectivity index (χ3v) is 4.85. The number of benzene rings is 2. The number of rotatable bonds is 3. The van der Waals surface area contributed by atoms with Gasteiger partial charge in [0.15, 0.2) is 16.7 Å². The van der Waals surface area contributed by atoms with Crippen LogP contribution in [0.15, 0.2) is 46.3 Å². The molecule has 2 aliphatic heterocycles. The largest absolute Gasteiger partial charge is 0.496 e. The predicted molar refractivity (Wildman–Crippen MR) is 101 cm³/mol. The molecule has 2 aromatic carbocycles. The third-order valence-electron chi connectivity index (χ3n) is 3.70. The van der Waals surface area contributed by atoms with Crippen molar-refractivity contribution in [1.29, 1.82) is 0 Å². The number of nitrogens with zero attached hydrogens (tertiary/aromatic N) is 1. The Hall–Kier alpha value is -2.64. The first-order chi connectivity index (χ1) is 12.6. The molecule has 0 aromatic heterocycles. The third kappa shape index (κ3) is 3.36. The Labute approximate surface area is 158 Å². The van der Waals surface area contributed by atoms with Crippen LogP contribution in [0.5, 0.6) is 17.2 Å². The zero-order chi connectivity index (χ0) is 18.1. The van der Waals surface area contributed by atoms with E-state index in [4.69, 9.17) is 25.8 Å². The molecular formula is C18H13ClN2O4S. The molecule has 1 fully saturated rings. The smallest absolute Gasteiger partial charge is 0.264 e. The van der Waals surface area contributed by atoms with Gasteiger partial charge in [-0.25, -0.2) is 4.99 Å². The molecule has 2 aliphatic rings. The van der Waals surface area contributed by atoms with Crippen LogP contribution in [0.1, 0.15) is 5.56 Å². The van der Waals surface area contributed by atoms with Gasteiger partial charge in [0.1, 0.15) is 5.75 Å². The van der Waals surface area contributed by atoms with Gasteiger partial charge in [0, 0.05) is 16.7 Å². The molecule has 0 radical (unpaired) electrons. The fourth-order valence-electron chi connectivity index (χ4n) is 2.51. The van der Waals surface area contributed by atoms with Crippen molar-refractivity contribution in [3.63, 3.8) is 0 Å². The lowest BCUT2D eigenvalue weighted by Gasteiger charge is -2.06. The number of thioether (sulfide) groups is 1. The summed E-state index contributed by atoms with van der Waals surface area (Å²) in [7, 11) is 1.56. The summed E-state index contributed by atoms with van der Waals surface area (Å²) in [4.78, 5) is 17.2. The molecule has 1 N–H and O–H groups in total. The van der Waals surface area contributed by atoms with E-state index in [0.717, 1.165) is 5.56 Å². The summed E-state index contributed by atoms with van der Waals surface area (Å²) in [6, 6.07) is 10.6. The van der Waals surface area contributed by atoms with E-state index in [9.17, 15) is 4.79 Å². The molecule has 1 saturated heterocycles. The van der Waals surface area contributed by atoms with Gasteiger partial charge >= 0.3 is 0 Å². The van der Waals surface area contributed by atoms with E-state index in [1.54, 1.807) is 43.5 Å². The van der Waals surface area contributed by atoms with Gasteiger partial charge in [0.05, 0.1) is 17.7 Å². The minimum atomic E-state index is -0.226. The average molecular weight is 389 g/mol. The number of hydrogen-bond donors (Lipinski definition) is 1. The number of amides is 1. The van der Waals surface area contributed by atoms with Crippen molar-refractivity contribution in [3.8, 4) is 17.2 Å². The molecule has 0 saturated carbocycles. The highest BCUT2D eigenvalue weighted by Gasteiger charge is 2.25. The Morgan fingerprint density at radius 1 is 1.27 bits per heavy atom. The van der Waals surface area contributed by atoms with Crippen LogP contribution in [0.4, 0.5) is 5.69 Å². The maximum Gasteiger partial charge on any atom is 0.264 e. The van der Waals surface area contributed by atoms with Gasteiger partial charge in [-0.3, -0.25) is 4.79 Å². The highest BCUT2D eigenvalue weighted by Crippen LogP contribution is 2.40. The van der Waals surface area contributed by atoms with E-state index >= 15 is 0 Å². The lowest BCUT2D eigenvalue weighted by atomic mass is 10.1. The van der Waals surface area contributed by atoms with Crippen molar-refractivity contribution in [1.82, 2.24) is 5.32 Å². The van der Waals surface area contributed by atoms with E-state index in [1.807, 2.05) is 6.07 Å². The quantitative estimate of drug-likeness (QED) is 0.806. The number of hydrogen-bond acceptors (Lipinski definition) is 6. The fourth-order valence-corrected chi connectivity index (χ4v) is 3.53. The molecule has 6 nitrogen and oxygen atoms in total. The maximum atomic E-state index is 12.3. The molecule has 0 atom stereocenters. The van der Waals surface area contributed by atoms with Crippen LogP contribution in [-0.2, 0) is 4.79 Å². The molecule has 8 heteroatoms. The molecule has 0 aliphatic carbocycles. The van der Waals surface area contributed by atoms with Gasteiger partial charge in [-0.2, -0.15) is 0 Å². The van der Waals surface area contributed by atoms with Crippen LogP contribution in [0.3, 0.4) is 0 Å². The van der Waals surface area contributed by atoms with Gasteiger partial charge in [0.2, 0.25) is 6.79 Å². The highest BCUT2D eigenvalue weighted by molar-refractivity contribution is 8.18. The lowest BCUT2D eigenvalue weighted by Crippen LogP contribution is -2.19. The van der Waals surface area contributed by atoms with Gasteiger partial charge in [-0.1, -0.05) is 17.7 Å². The predicted octanol–water partition coefficient (Wildman–Crippen LogP) is 3.97. The van der Waals surface area contributed by atoms with Crippen LogP contribution >= 0.6 is 23.4 Å². The normalized spacial score (nSPS) is 18.5. The molecule has 2 heterocycles. The number of carbonyl (C=O) groups is 1. The summed E-state index contributed by atoms with van der Waals surface area (Å²) >= 11 is 7.21. The van der Waals surface area contributed by atoms with Crippen LogP contribution in [0.25, 0.3) is 6.08 Å². The number of methoxy groups -OCH3 is 1. The van der Waals surface area contributed by atoms with Gasteiger partial charge in [0.25, 0.3) is 5.91 Å². The van der Waals surface area contributed by atoms with Crippen molar-refractivity contribution in [2.45, 2.75) is 0 Å². The summed E-state index contributed by atoms with van der Waals surface area (Å²) < 4.78 is 16.1. The zero-order valence-corrected chi connectivity index (χ0v) is 15.2. The van der Waals surface area contributed by atoms with E-state index in [2.05, 4.69) is 10.3 Å². The minimum Gasteiger partial charge on any atom is -0.496 e. The fraction of sp³-hybridized carbons (Fsp3) is 0.111.